The number of non-ortho nitro benzene ring substituents is 1. The summed E-state index contributed by atoms with van der Waals surface area (Å²) in [5.41, 5.74) is 1.61. The fourth-order valence-corrected chi connectivity index (χ4v) is 3.82. The van der Waals surface area contributed by atoms with E-state index in [1.54, 1.807) is 12.1 Å². The Kier molecular flexibility index (Phi) is 5.28. The van der Waals surface area contributed by atoms with Crippen molar-refractivity contribution in [3.8, 4) is 5.75 Å². The van der Waals surface area contributed by atoms with Crippen molar-refractivity contribution in [2.24, 2.45) is 5.92 Å². The summed E-state index contributed by atoms with van der Waals surface area (Å²) in [7, 11) is 0. The maximum absolute atomic E-state index is 10.8. The molecule has 0 fully saturated rings. The fraction of sp³-hybridized carbons (Fsp3) is 0.190. The van der Waals surface area contributed by atoms with Gasteiger partial charge in [0.15, 0.2) is 5.11 Å². The molecule has 148 valence electrons. The minimum atomic E-state index is -0.448. The Morgan fingerprint density at radius 2 is 1.93 bits per heavy atom. The van der Waals surface area contributed by atoms with E-state index in [-0.39, 0.29) is 24.3 Å². The van der Waals surface area contributed by atoms with Gasteiger partial charge in [0.05, 0.1) is 24.2 Å². The third-order valence-corrected chi connectivity index (χ3v) is 5.24. The van der Waals surface area contributed by atoms with Crippen LogP contribution < -0.4 is 15.4 Å². The first kappa shape index (κ1) is 19.1. The molecule has 0 aromatic heterocycles. The number of ether oxygens (including phenoxy) is 1. The van der Waals surface area contributed by atoms with E-state index in [4.69, 9.17) is 17.0 Å². The summed E-state index contributed by atoms with van der Waals surface area (Å²) < 4.78 is 5.87. The first-order valence-corrected chi connectivity index (χ1v) is 9.55. The summed E-state index contributed by atoms with van der Waals surface area (Å²) in [6.07, 6.45) is 0. The summed E-state index contributed by atoms with van der Waals surface area (Å²) in [4.78, 5) is 10.4. The lowest BCUT2D eigenvalue weighted by molar-refractivity contribution is -0.384. The zero-order valence-corrected chi connectivity index (χ0v) is 16.2. The van der Waals surface area contributed by atoms with Crippen molar-refractivity contribution < 1.29 is 14.8 Å². The number of hydrogen-bond donors (Lipinski definition) is 3. The van der Waals surface area contributed by atoms with E-state index < -0.39 is 4.92 Å². The average Bonchev–Trinajstić information content (AvgIpc) is 2.74. The Balaban J connectivity index is 1.61. The van der Waals surface area contributed by atoms with Gasteiger partial charge < -0.3 is 20.5 Å². The van der Waals surface area contributed by atoms with Crippen LogP contribution in [0.25, 0.3) is 10.8 Å². The van der Waals surface area contributed by atoms with Crippen molar-refractivity contribution in [2.45, 2.75) is 6.04 Å². The van der Waals surface area contributed by atoms with Gasteiger partial charge >= 0.3 is 0 Å². The second kappa shape index (κ2) is 8.02. The van der Waals surface area contributed by atoms with Gasteiger partial charge in [0.25, 0.3) is 5.69 Å². The van der Waals surface area contributed by atoms with Crippen molar-refractivity contribution in [3.05, 3.63) is 76.3 Å². The molecule has 29 heavy (non-hydrogen) atoms. The number of aliphatic hydroxyl groups excluding tert-OH is 1. The molecule has 7 nitrogen and oxygen atoms in total. The first-order valence-electron chi connectivity index (χ1n) is 9.14. The van der Waals surface area contributed by atoms with Crippen LogP contribution in [-0.4, -0.2) is 28.4 Å². The number of thiocarbonyl (C=S) groups is 1. The van der Waals surface area contributed by atoms with Gasteiger partial charge in [-0.15, -0.1) is 0 Å². The molecule has 1 aliphatic heterocycles. The Labute approximate surface area is 172 Å². The monoisotopic (exact) mass is 409 g/mol. The minimum Gasteiger partial charge on any atom is -0.493 e. The van der Waals surface area contributed by atoms with E-state index >= 15 is 0 Å². The minimum absolute atomic E-state index is 0.0135. The lowest BCUT2D eigenvalue weighted by atomic mass is 9.87. The Hall–Kier alpha value is -3.23. The zero-order chi connectivity index (χ0) is 20.4. The lowest BCUT2D eigenvalue weighted by Crippen LogP contribution is -2.42. The van der Waals surface area contributed by atoms with Crippen LogP contribution in [0.2, 0.25) is 0 Å². The number of nitro benzene ring substituents is 1. The molecule has 0 bridgehead atoms. The molecule has 0 saturated heterocycles. The van der Waals surface area contributed by atoms with Gasteiger partial charge in [-0.1, -0.05) is 30.3 Å². The van der Waals surface area contributed by atoms with Crippen LogP contribution in [0.1, 0.15) is 11.6 Å². The Morgan fingerprint density at radius 1 is 1.17 bits per heavy atom. The van der Waals surface area contributed by atoms with Crippen molar-refractivity contribution in [2.75, 3.05) is 18.5 Å². The first-order chi connectivity index (χ1) is 14.1. The van der Waals surface area contributed by atoms with Crippen molar-refractivity contribution in [1.29, 1.82) is 0 Å². The van der Waals surface area contributed by atoms with Gasteiger partial charge in [0.1, 0.15) is 5.75 Å². The number of anilines is 1. The second-order valence-electron chi connectivity index (χ2n) is 6.83. The van der Waals surface area contributed by atoms with E-state index in [0.29, 0.717) is 17.4 Å². The summed E-state index contributed by atoms with van der Waals surface area (Å²) in [6.45, 7) is 0.320. The second-order valence-corrected chi connectivity index (χ2v) is 7.24. The van der Waals surface area contributed by atoms with Crippen LogP contribution in [0.15, 0.2) is 60.7 Å². The van der Waals surface area contributed by atoms with Crippen molar-refractivity contribution in [3.63, 3.8) is 0 Å². The highest BCUT2D eigenvalue weighted by Gasteiger charge is 2.32. The smallest absolute Gasteiger partial charge is 0.269 e. The molecule has 0 saturated carbocycles. The zero-order valence-electron chi connectivity index (χ0n) is 15.4. The molecule has 2 atom stereocenters. The third-order valence-electron chi connectivity index (χ3n) is 5.02. The van der Waals surface area contributed by atoms with E-state index in [1.165, 1.54) is 12.1 Å². The number of fused-ring (bicyclic) bond motifs is 3. The maximum Gasteiger partial charge on any atom is 0.269 e. The van der Waals surface area contributed by atoms with E-state index in [1.807, 2.05) is 36.4 Å². The van der Waals surface area contributed by atoms with E-state index in [9.17, 15) is 15.2 Å². The van der Waals surface area contributed by atoms with E-state index in [2.05, 4.69) is 10.6 Å². The average molecular weight is 409 g/mol. The van der Waals surface area contributed by atoms with E-state index in [0.717, 1.165) is 22.1 Å². The Bertz CT molecular complexity index is 1070. The highest BCUT2D eigenvalue weighted by molar-refractivity contribution is 7.80. The number of nitrogens with zero attached hydrogens (tertiary/aromatic N) is 1. The van der Waals surface area contributed by atoms with Crippen LogP contribution in [0.4, 0.5) is 11.4 Å². The molecule has 3 aromatic carbocycles. The molecule has 1 aliphatic rings. The predicted molar refractivity (Wildman–Crippen MR) is 115 cm³/mol. The number of benzene rings is 3. The molecule has 0 amide bonds. The molecule has 3 aromatic rings. The molecular weight excluding hydrogens is 390 g/mol. The predicted octanol–water partition coefficient (Wildman–Crippen LogP) is 3.78. The van der Waals surface area contributed by atoms with Gasteiger partial charge in [0.2, 0.25) is 0 Å². The summed E-state index contributed by atoms with van der Waals surface area (Å²) in [5, 5.41) is 29.5. The SMILES string of the molecule is O=[N+]([O-])c1ccc(NC(=S)N[C@H]2c3c(ccc4ccccc34)OC[C@H]2CO)cc1. The molecule has 1 heterocycles. The largest absolute Gasteiger partial charge is 0.493 e. The van der Waals surface area contributed by atoms with Crippen molar-refractivity contribution in [1.82, 2.24) is 5.32 Å². The van der Waals surface area contributed by atoms with Crippen LogP contribution in [-0.2, 0) is 0 Å². The summed E-state index contributed by atoms with van der Waals surface area (Å²) >= 11 is 5.48. The van der Waals surface area contributed by atoms with Gasteiger partial charge in [0, 0.05) is 29.3 Å². The highest BCUT2D eigenvalue weighted by atomic mass is 32.1. The van der Waals surface area contributed by atoms with Crippen molar-refractivity contribution >= 4 is 39.5 Å². The van der Waals surface area contributed by atoms with Gasteiger partial charge in [-0.2, -0.15) is 0 Å². The number of rotatable bonds is 4. The number of aliphatic hydroxyl groups is 1. The standard InChI is InChI=1S/C21H19N3O4S/c25-11-14-12-28-18-10-5-13-3-1-2-4-17(13)19(18)20(14)23-21(29)22-15-6-8-16(9-7-15)24(26)27/h1-10,14,20,25H,11-12H2,(H2,22,23,29)/t14-,20-/m1/s1. The van der Waals surface area contributed by atoms with Crippen LogP contribution >= 0.6 is 12.2 Å². The maximum atomic E-state index is 10.8. The number of hydrogen-bond acceptors (Lipinski definition) is 5. The molecule has 0 aliphatic carbocycles. The third kappa shape index (κ3) is 3.85. The van der Waals surface area contributed by atoms with Gasteiger partial charge in [-0.3, -0.25) is 10.1 Å². The van der Waals surface area contributed by atoms with Crippen LogP contribution in [0.3, 0.4) is 0 Å². The number of nitrogens with one attached hydrogen (secondary N) is 2. The van der Waals surface area contributed by atoms with Gasteiger partial charge in [-0.25, -0.2) is 0 Å². The molecule has 3 N–H and O–H groups in total. The molecule has 0 spiro atoms. The summed E-state index contributed by atoms with van der Waals surface area (Å²) in [6, 6.07) is 17.7. The van der Waals surface area contributed by atoms with Crippen LogP contribution in [0, 0.1) is 16.0 Å². The van der Waals surface area contributed by atoms with Gasteiger partial charge in [-0.05, 0) is 41.2 Å². The molecule has 4 rings (SSSR count). The van der Waals surface area contributed by atoms with Crippen LogP contribution in [0.5, 0.6) is 5.75 Å². The Morgan fingerprint density at radius 3 is 2.66 bits per heavy atom. The summed E-state index contributed by atoms with van der Waals surface area (Å²) in [5.74, 6) is 0.592. The lowest BCUT2D eigenvalue weighted by Gasteiger charge is -2.34. The molecule has 0 radical (unpaired) electrons. The number of nitro groups is 1. The topological polar surface area (TPSA) is 96.7 Å². The highest BCUT2D eigenvalue weighted by Crippen LogP contribution is 2.40. The normalized spacial score (nSPS) is 17.8. The molecular formula is C21H19N3O4S. The quantitative estimate of drug-likeness (QED) is 0.343. The molecule has 0 unspecified atom stereocenters. The molecule has 8 heteroatoms. The fourth-order valence-electron chi connectivity index (χ4n) is 3.57.